The Morgan fingerprint density at radius 1 is 0.941 bits per heavy atom. The molecule has 0 aromatic heterocycles. The summed E-state index contributed by atoms with van der Waals surface area (Å²) < 4.78 is 0. The monoisotopic (exact) mass is 221 g/mol. The van der Waals surface area contributed by atoms with Gasteiger partial charge in [0.05, 0.1) is 0 Å². The van der Waals surface area contributed by atoms with Gasteiger partial charge in [0, 0.05) is 24.4 Å². The molecule has 1 nitrogen and oxygen atoms in total. The minimum atomic E-state index is 0.939. The number of hydrogen-bond acceptors (Lipinski definition) is 1. The Kier molecular flexibility index (Phi) is 2.45. The van der Waals surface area contributed by atoms with E-state index >= 15 is 0 Å². The van der Waals surface area contributed by atoms with E-state index in [4.69, 9.17) is 0 Å². The normalized spacial score (nSPS) is 13.9. The fourth-order valence-electron chi connectivity index (χ4n) is 2.37. The summed E-state index contributed by atoms with van der Waals surface area (Å²) in [7, 11) is 0. The zero-order chi connectivity index (χ0) is 11.7. The van der Waals surface area contributed by atoms with Crippen LogP contribution in [0, 0.1) is 0 Å². The minimum absolute atomic E-state index is 0.939. The highest BCUT2D eigenvalue weighted by Gasteiger charge is 2.21. The SMILES string of the molecule is C=C1c2ccccc2CN1Cc1ccccc1. The van der Waals surface area contributed by atoms with Gasteiger partial charge < -0.3 is 4.90 Å². The van der Waals surface area contributed by atoms with Crippen molar-refractivity contribution in [3.05, 3.63) is 77.9 Å². The lowest BCUT2D eigenvalue weighted by atomic mass is 10.1. The Bertz CT molecular complexity index is 542. The Morgan fingerprint density at radius 3 is 2.41 bits per heavy atom. The summed E-state index contributed by atoms with van der Waals surface area (Å²) >= 11 is 0. The van der Waals surface area contributed by atoms with Crippen molar-refractivity contribution in [1.82, 2.24) is 4.90 Å². The topological polar surface area (TPSA) is 3.24 Å². The second-order valence-electron chi connectivity index (χ2n) is 4.45. The van der Waals surface area contributed by atoms with Gasteiger partial charge in [-0.3, -0.25) is 0 Å². The Morgan fingerprint density at radius 2 is 1.65 bits per heavy atom. The molecule has 0 amide bonds. The fraction of sp³-hybridized carbons (Fsp3) is 0.125. The highest BCUT2D eigenvalue weighted by molar-refractivity contribution is 5.68. The van der Waals surface area contributed by atoms with Crippen LogP contribution in [0.25, 0.3) is 5.70 Å². The van der Waals surface area contributed by atoms with E-state index in [0.717, 1.165) is 18.8 Å². The molecule has 0 spiro atoms. The summed E-state index contributed by atoms with van der Waals surface area (Å²) in [6.07, 6.45) is 0. The highest BCUT2D eigenvalue weighted by atomic mass is 15.1. The van der Waals surface area contributed by atoms with Crippen LogP contribution >= 0.6 is 0 Å². The van der Waals surface area contributed by atoms with Crippen LogP contribution in [-0.2, 0) is 13.1 Å². The zero-order valence-electron chi connectivity index (χ0n) is 9.76. The average molecular weight is 221 g/mol. The van der Waals surface area contributed by atoms with Gasteiger partial charge in [-0.25, -0.2) is 0 Å². The van der Waals surface area contributed by atoms with Crippen LogP contribution in [0.15, 0.2) is 61.2 Å². The zero-order valence-corrected chi connectivity index (χ0v) is 9.76. The maximum atomic E-state index is 4.20. The smallest absolute Gasteiger partial charge is 0.0439 e. The van der Waals surface area contributed by atoms with E-state index in [1.165, 1.54) is 16.7 Å². The molecule has 0 saturated heterocycles. The molecule has 0 atom stereocenters. The van der Waals surface area contributed by atoms with Crippen molar-refractivity contribution >= 4 is 5.70 Å². The van der Waals surface area contributed by atoms with E-state index in [-0.39, 0.29) is 0 Å². The maximum Gasteiger partial charge on any atom is 0.0439 e. The molecule has 0 bridgehead atoms. The molecule has 0 radical (unpaired) electrons. The Hall–Kier alpha value is -2.02. The van der Waals surface area contributed by atoms with E-state index in [1.807, 2.05) is 0 Å². The Balaban J connectivity index is 1.83. The summed E-state index contributed by atoms with van der Waals surface area (Å²) in [5.74, 6) is 0. The van der Waals surface area contributed by atoms with E-state index in [0.29, 0.717) is 0 Å². The van der Waals surface area contributed by atoms with Gasteiger partial charge in [-0.15, -0.1) is 0 Å². The van der Waals surface area contributed by atoms with Gasteiger partial charge >= 0.3 is 0 Å². The third kappa shape index (κ3) is 1.84. The summed E-state index contributed by atoms with van der Waals surface area (Å²) in [6.45, 7) is 6.11. The van der Waals surface area contributed by atoms with E-state index in [9.17, 15) is 0 Å². The lowest BCUT2D eigenvalue weighted by Crippen LogP contribution is -2.14. The molecule has 0 unspecified atom stereocenters. The van der Waals surface area contributed by atoms with Crippen molar-refractivity contribution in [2.75, 3.05) is 0 Å². The largest absolute Gasteiger partial charge is 0.363 e. The first-order chi connectivity index (χ1) is 8.34. The molecule has 3 rings (SSSR count). The van der Waals surface area contributed by atoms with E-state index in [1.54, 1.807) is 0 Å². The third-order valence-corrected chi connectivity index (χ3v) is 3.29. The number of rotatable bonds is 2. The van der Waals surface area contributed by atoms with Crippen LogP contribution < -0.4 is 0 Å². The number of hydrogen-bond donors (Lipinski definition) is 0. The van der Waals surface area contributed by atoms with Crippen LogP contribution in [0.4, 0.5) is 0 Å². The van der Waals surface area contributed by atoms with Crippen LogP contribution in [0.5, 0.6) is 0 Å². The fourth-order valence-corrected chi connectivity index (χ4v) is 2.37. The molecule has 0 aliphatic carbocycles. The van der Waals surface area contributed by atoms with Gasteiger partial charge in [-0.05, 0) is 11.1 Å². The summed E-state index contributed by atoms with van der Waals surface area (Å²) in [5.41, 5.74) is 5.16. The maximum absolute atomic E-state index is 4.20. The van der Waals surface area contributed by atoms with Gasteiger partial charge in [-0.2, -0.15) is 0 Å². The second-order valence-corrected chi connectivity index (χ2v) is 4.45. The first-order valence-corrected chi connectivity index (χ1v) is 5.90. The molecule has 0 N–H and O–H groups in total. The molecule has 1 aliphatic heterocycles. The van der Waals surface area contributed by atoms with Crippen LogP contribution in [0.3, 0.4) is 0 Å². The van der Waals surface area contributed by atoms with Crippen molar-refractivity contribution in [2.24, 2.45) is 0 Å². The van der Waals surface area contributed by atoms with Crippen molar-refractivity contribution in [3.63, 3.8) is 0 Å². The lowest BCUT2D eigenvalue weighted by Gasteiger charge is -2.19. The van der Waals surface area contributed by atoms with Crippen molar-refractivity contribution in [2.45, 2.75) is 13.1 Å². The van der Waals surface area contributed by atoms with Crippen molar-refractivity contribution in [3.8, 4) is 0 Å². The first kappa shape index (κ1) is 10.2. The highest BCUT2D eigenvalue weighted by Crippen LogP contribution is 2.32. The number of nitrogens with zero attached hydrogens (tertiary/aromatic N) is 1. The van der Waals surface area contributed by atoms with Crippen molar-refractivity contribution in [1.29, 1.82) is 0 Å². The molecule has 84 valence electrons. The van der Waals surface area contributed by atoms with E-state index < -0.39 is 0 Å². The van der Waals surface area contributed by atoms with Gasteiger partial charge in [0.25, 0.3) is 0 Å². The summed E-state index contributed by atoms with van der Waals surface area (Å²) in [5, 5.41) is 0. The predicted octanol–water partition coefficient (Wildman–Crippen LogP) is 3.67. The molecular weight excluding hydrogens is 206 g/mol. The summed E-state index contributed by atoms with van der Waals surface area (Å²) in [6, 6.07) is 19.1. The van der Waals surface area contributed by atoms with Gasteiger partial charge in [-0.1, -0.05) is 61.2 Å². The van der Waals surface area contributed by atoms with Gasteiger partial charge in [0.2, 0.25) is 0 Å². The van der Waals surface area contributed by atoms with Crippen LogP contribution in [0.1, 0.15) is 16.7 Å². The molecular formula is C16H15N. The third-order valence-electron chi connectivity index (χ3n) is 3.29. The van der Waals surface area contributed by atoms with Crippen LogP contribution in [-0.4, -0.2) is 4.90 Å². The molecule has 0 fully saturated rings. The summed E-state index contributed by atoms with van der Waals surface area (Å²) in [4.78, 5) is 2.33. The molecule has 1 aliphatic rings. The minimum Gasteiger partial charge on any atom is -0.363 e. The first-order valence-electron chi connectivity index (χ1n) is 5.90. The average Bonchev–Trinajstić information content (AvgIpc) is 2.68. The van der Waals surface area contributed by atoms with Crippen LogP contribution in [0.2, 0.25) is 0 Å². The lowest BCUT2D eigenvalue weighted by molar-refractivity contribution is 0.404. The molecule has 2 aromatic rings. The molecule has 0 saturated carbocycles. The quantitative estimate of drug-likeness (QED) is 0.747. The van der Waals surface area contributed by atoms with Crippen molar-refractivity contribution < 1.29 is 0 Å². The number of fused-ring (bicyclic) bond motifs is 1. The van der Waals surface area contributed by atoms with Gasteiger partial charge in [0.15, 0.2) is 0 Å². The number of benzene rings is 2. The van der Waals surface area contributed by atoms with E-state index in [2.05, 4.69) is 66.1 Å². The molecule has 1 heteroatoms. The second kappa shape index (κ2) is 4.10. The molecule has 17 heavy (non-hydrogen) atoms. The molecule has 2 aromatic carbocycles. The Labute approximate surface area is 102 Å². The standard InChI is InChI=1S/C16H15N/c1-13-16-10-6-5-9-15(16)12-17(13)11-14-7-3-2-4-8-14/h2-10H,1,11-12H2. The predicted molar refractivity (Wildman–Crippen MR) is 71.2 cm³/mol. The van der Waals surface area contributed by atoms with Gasteiger partial charge in [0.1, 0.15) is 0 Å². The molecule has 1 heterocycles.